The molecule has 2 N–H and O–H groups in total. The van der Waals surface area contributed by atoms with Crippen molar-refractivity contribution in [2.24, 2.45) is 0 Å². The van der Waals surface area contributed by atoms with E-state index in [2.05, 4.69) is 40.7 Å². The topological polar surface area (TPSA) is 138 Å². The Morgan fingerprint density at radius 2 is 1.47 bits per heavy atom. The van der Waals surface area contributed by atoms with Gasteiger partial charge < -0.3 is 20.1 Å². The summed E-state index contributed by atoms with van der Waals surface area (Å²) in [6.45, 7) is -0.330. The van der Waals surface area contributed by atoms with Gasteiger partial charge >= 0.3 is 12.7 Å². The molecule has 0 aliphatic heterocycles. The third kappa shape index (κ3) is 11.1. The molecule has 4 aromatic rings. The van der Waals surface area contributed by atoms with Gasteiger partial charge in [-0.15, -0.1) is 36.5 Å². The van der Waals surface area contributed by atoms with Crippen LogP contribution in [0, 0.1) is 0 Å². The first-order valence-corrected chi connectivity index (χ1v) is 12.9. The maximum Gasteiger partial charge on any atom is 0.573 e. The summed E-state index contributed by atoms with van der Waals surface area (Å²) in [5.74, 6) is -2.12. The molecule has 19 heteroatoms. The molecular formula is C26H23F7N8O4. The fourth-order valence-electron chi connectivity index (χ4n) is 3.87. The zero-order valence-corrected chi connectivity index (χ0v) is 22.8. The van der Waals surface area contributed by atoms with Crippen molar-refractivity contribution in [3.05, 3.63) is 77.7 Å². The predicted octanol–water partition coefficient (Wildman–Crippen LogP) is 4.21. The van der Waals surface area contributed by atoms with Crippen molar-refractivity contribution in [3.63, 3.8) is 0 Å². The number of aromatic nitrogens is 6. The number of carbonyl (C=O) groups excluding carboxylic acids is 2. The third-order valence-electron chi connectivity index (χ3n) is 5.72. The predicted molar refractivity (Wildman–Crippen MR) is 139 cm³/mol. The van der Waals surface area contributed by atoms with Crippen LogP contribution in [0.3, 0.4) is 0 Å². The number of hydrogen-bond donors (Lipinski definition) is 2. The van der Waals surface area contributed by atoms with Crippen molar-refractivity contribution in [1.29, 1.82) is 0 Å². The van der Waals surface area contributed by atoms with Crippen LogP contribution in [0.25, 0.3) is 0 Å². The van der Waals surface area contributed by atoms with Gasteiger partial charge in [0.25, 0.3) is 5.91 Å². The average Bonchev–Trinajstić information content (AvgIpc) is 3.58. The minimum absolute atomic E-state index is 0.0460. The highest BCUT2D eigenvalue weighted by Crippen LogP contribution is 2.24. The summed E-state index contributed by atoms with van der Waals surface area (Å²) in [6, 6.07) is 10.00. The summed E-state index contributed by atoms with van der Waals surface area (Å²) in [4.78, 5) is 24.6. The van der Waals surface area contributed by atoms with Gasteiger partial charge in [0.2, 0.25) is 5.91 Å². The molecule has 2 aromatic heterocycles. The fraction of sp³-hybridized carbons (Fsp3) is 0.308. The molecule has 0 saturated carbocycles. The zero-order chi connectivity index (χ0) is 32.6. The molecule has 2 aromatic carbocycles. The second-order valence-corrected chi connectivity index (χ2v) is 9.38. The van der Waals surface area contributed by atoms with Gasteiger partial charge in [-0.3, -0.25) is 14.3 Å². The molecule has 2 heterocycles. The molecule has 0 saturated heterocycles. The van der Waals surface area contributed by atoms with E-state index < -0.39 is 42.2 Å². The fourth-order valence-corrected chi connectivity index (χ4v) is 3.87. The van der Waals surface area contributed by atoms with Crippen molar-refractivity contribution in [3.8, 4) is 11.5 Å². The van der Waals surface area contributed by atoms with Crippen LogP contribution in [0.5, 0.6) is 11.5 Å². The van der Waals surface area contributed by atoms with Crippen LogP contribution in [0.2, 0.25) is 0 Å². The molecule has 0 bridgehead atoms. The summed E-state index contributed by atoms with van der Waals surface area (Å²) in [7, 11) is 0. The van der Waals surface area contributed by atoms with E-state index in [1.807, 2.05) is 0 Å². The minimum atomic E-state index is -4.87. The summed E-state index contributed by atoms with van der Waals surface area (Å²) in [6.07, 6.45) is -8.95. The van der Waals surface area contributed by atoms with Crippen LogP contribution in [0.15, 0.2) is 60.9 Å². The van der Waals surface area contributed by atoms with E-state index >= 15 is 0 Å². The molecule has 4 rings (SSSR count). The zero-order valence-electron chi connectivity index (χ0n) is 22.8. The Morgan fingerprint density at radius 1 is 0.844 bits per heavy atom. The van der Waals surface area contributed by atoms with E-state index in [-0.39, 0.29) is 49.6 Å². The molecule has 0 radical (unpaired) electrons. The van der Waals surface area contributed by atoms with Gasteiger partial charge in [0.1, 0.15) is 17.7 Å². The first-order chi connectivity index (χ1) is 21.2. The Balaban J connectivity index is 1.19. The van der Waals surface area contributed by atoms with Crippen LogP contribution in [0.4, 0.5) is 36.6 Å². The minimum Gasteiger partial charge on any atom is -0.406 e. The first kappa shape index (κ1) is 32.7. The Hall–Kier alpha value is -5.23. The number of anilines is 1. The number of carbonyl (C=O) groups is 2. The molecule has 0 aliphatic carbocycles. The molecule has 0 spiro atoms. The van der Waals surface area contributed by atoms with Crippen molar-refractivity contribution in [2.75, 3.05) is 5.32 Å². The molecule has 12 nitrogen and oxygen atoms in total. The molecule has 1 atom stereocenters. The number of ether oxygens (including phenoxy) is 2. The van der Waals surface area contributed by atoms with Gasteiger partial charge in [-0.2, -0.15) is 0 Å². The lowest BCUT2D eigenvalue weighted by Gasteiger charge is -2.10. The van der Waals surface area contributed by atoms with E-state index in [9.17, 15) is 40.3 Å². The second kappa shape index (κ2) is 14.0. The molecule has 2 amide bonds. The van der Waals surface area contributed by atoms with E-state index in [0.717, 1.165) is 28.9 Å². The van der Waals surface area contributed by atoms with E-state index in [0.29, 0.717) is 5.56 Å². The van der Waals surface area contributed by atoms with Gasteiger partial charge in [-0.05, 0) is 35.4 Å². The van der Waals surface area contributed by atoms with Crippen LogP contribution in [-0.2, 0) is 30.8 Å². The van der Waals surface area contributed by atoms with E-state index in [4.69, 9.17) is 0 Å². The van der Waals surface area contributed by atoms with Crippen LogP contribution < -0.4 is 20.1 Å². The molecule has 1 unspecified atom stereocenters. The Labute approximate surface area is 249 Å². The lowest BCUT2D eigenvalue weighted by Crippen LogP contribution is -2.23. The van der Waals surface area contributed by atoms with Crippen LogP contribution >= 0.6 is 0 Å². The molecule has 240 valence electrons. The molecule has 0 aliphatic rings. The van der Waals surface area contributed by atoms with Crippen molar-refractivity contribution >= 4 is 17.6 Å². The van der Waals surface area contributed by atoms with Gasteiger partial charge in [-0.1, -0.05) is 34.7 Å². The number of rotatable bonds is 13. The number of benzene rings is 2. The number of amides is 2. The summed E-state index contributed by atoms with van der Waals surface area (Å²) < 4.78 is 99.1. The number of alkyl halides is 7. The summed E-state index contributed by atoms with van der Waals surface area (Å²) in [5, 5.41) is 19.9. The monoisotopic (exact) mass is 644 g/mol. The van der Waals surface area contributed by atoms with Gasteiger partial charge in [0.05, 0.1) is 25.4 Å². The SMILES string of the molecule is O=C(Cc1cccc(OC(F)(F)F)c1)Nc1cn(CCC(F)Cn2cc(C(=O)NCc3cccc(OC(F)(F)F)c3)nn2)nn1. The smallest absolute Gasteiger partial charge is 0.406 e. The average molecular weight is 645 g/mol. The van der Waals surface area contributed by atoms with Crippen molar-refractivity contribution < 1.29 is 49.8 Å². The van der Waals surface area contributed by atoms with Crippen molar-refractivity contribution in [2.45, 2.75) is 51.4 Å². The standard InChI is InChI=1S/C26H23F7N8O4/c27-18(13-41-14-21(36-38-41)24(43)34-12-17-4-2-6-20(10-17)45-26(31,32)33)7-8-40-15-22(37-39-40)35-23(42)11-16-3-1-5-19(9-16)44-25(28,29)30/h1-6,9-10,14-15,18H,7-8,11-13H2,(H,34,43)(H,35,42). The lowest BCUT2D eigenvalue weighted by molar-refractivity contribution is -0.275. The Morgan fingerprint density at radius 3 is 2.13 bits per heavy atom. The summed E-state index contributed by atoms with van der Waals surface area (Å²) in [5.41, 5.74) is 0.462. The van der Waals surface area contributed by atoms with Gasteiger partial charge in [0, 0.05) is 19.5 Å². The Kier molecular flexibility index (Phi) is 10.2. The largest absolute Gasteiger partial charge is 0.573 e. The van der Waals surface area contributed by atoms with Crippen LogP contribution in [0.1, 0.15) is 28.0 Å². The van der Waals surface area contributed by atoms with Gasteiger partial charge in [0.15, 0.2) is 11.5 Å². The number of halogens is 7. The number of nitrogens with one attached hydrogen (secondary N) is 2. The highest BCUT2D eigenvalue weighted by atomic mass is 19.4. The Bertz CT molecular complexity index is 1610. The van der Waals surface area contributed by atoms with Crippen molar-refractivity contribution in [1.82, 2.24) is 35.3 Å². The van der Waals surface area contributed by atoms with Crippen LogP contribution in [-0.4, -0.2) is 60.7 Å². The lowest BCUT2D eigenvalue weighted by atomic mass is 10.1. The number of aryl methyl sites for hydroxylation is 1. The number of nitrogens with zero attached hydrogens (tertiary/aromatic N) is 6. The number of hydrogen-bond acceptors (Lipinski definition) is 8. The molecule has 0 fully saturated rings. The molecular weight excluding hydrogens is 621 g/mol. The van der Waals surface area contributed by atoms with E-state index in [1.165, 1.54) is 41.3 Å². The normalized spacial score (nSPS) is 12.4. The second-order valence-electron chi connectivity index (χ2n) is 9.38. The van der Waals surface area contributed by atoms with E-state index in [1.54, 1.807) is 0 Å². The maximum atomic E-state index is 14.6. The summed E-state index contributed by atoms with van der Waals surface area (Å²) >= 11 is 0. The quantitative estimate of drug-likeness (QED) is 0.207. The third-order valence-corrected chi connectivity index (χ3v) is 5.72. The first-order valence-electron chi connectivity index (χ1n) is 12.9. The highest BCUT2D eigenvalue weighted by Gasteiger charge is 2.32. The maximum absolute atomic E-state index is 14.6. The highest BCUT2D eigenvalue weighted by molar-refractivity contribution is 5.92. The van der Waals surface area contributed by atoms with Gasteiger partial charge in [-0.25, -0.2) is 9.07 Å². The molecule has 45 heavy (non-hydrogen) atoms.